The molecule has 162 valence electrons. The van der Waals surface area contributed by atoms with Crippen molar-refractivity contribution in [1.29, 1.82) is 0 Å². The van der Waals surface area contributed by atoms with Crippen LogP contribution in [-0.2, 0) is 11.2 Å². The van der Waals surface area contributed by atoms with Gasteiger partial charge in [0.25, 0.3) is 5.91 Å². The molecule has 0 bridgehead atoms. The number of carbonyl (C=O) groups is 1. The minimum atomic E-state index is -0.357. The van der Waals surface area contributed by atoms with Crippen molar-refractivity contribution in [2.45, 2.75) is 19.4 Å². The Bertz CT molecular complexity index is 1090. The summed E-state index contributed by atoms with van der Waals surface area (Å²) in [4.78, 5) is 26.8. The number of halogens is 1. The molecule has 1 aliphatic rings. The lowest BCUT2D eigenvalue weighted by Crippen LogP contribution is -2.37. The topological polar surface area (TPSA) is 108 Å². The van der Waals surface area contributed by atoms with Crippen LogP contribution in [0, 0.1) is 0 Å². The highest BCUT2D eigenvalue weighted by molar-refractivity contribution is 6.35. The van der Waals surface area contributed by atoms with Gasteiger partial charge < -0.3 is 10.1 Å². The first-order chi connectivity index (χ1) is 15.0. The third-order valence-electron chi connectivity index (χ3n) is 5.45. The zero-order valence-corrected chi connectivity index (χ0v) is 18.2. The van der Waals surface area contributed by atoms with E-state index in [1.54, 1.807) is 6.20 Å². The number of nitrogens with one attached hydrogen (secondary N) is 2. The number of pyridine rings is 1. The summed E-state index contributed by atoms with van der Waals surface area (Å²) < 4.78 is 5.44. The van der Waals surface area contributed by atoms with Crippen molar-refractivity contribution >= 4 is 34.1 Å². The molecule has 3 aromatic rings. The number of nitrogen functional groups attached to an aromatic ring is 1. The second-order valence-electron chi connectivity index (χ2n) is 7.58. The van der Waals surface area contributed by atoms with E-state index in [1.165, 1.54) is 6.20 Å². The maximum atomic E-state index is 12.6. The Labute approximate surface area is 185 Å². The lowest BCUT2D eigenvalue weighted by molar-refractivity contribution is -0.361. The maximum absolute atomic E-state index is 12.6. The van der Waals surface area contributed by atoms with E-state index >= 15 is 0 Å². The standard InChI is InChI=1S/C22H25ClN6O2/c1-14(27-22(30)20-21(24)26-7-6-25-20)18-13-15-3-2-4-16(23)19(15)17(28-18)5-8-29-9-11-31-12-10-29/h2-4,6-7,13-14H,5,8-12H2,1H3,(H2,24,26)(H,27,30)/p+1. The Morgan fingerprint density at radius 1 is 1.39 bits per heavy atom. The number of aromatic amines is 1. The van der Waals surface area contributed by atoms with Crippen molar-refractivity contribution in [3.05, 3.63) is 58.8 Å². The van der Waals surface area contributed by atoms with E-state index in [4.69, 9.17) is 27.1 Å². The molecule has 3 heterocycles. The number of H-pyrrole nitrogens is 1. The summed E-state index contributed by atoms with van der Waals surface area (Å²) >= 11 is 6.53. The number of nitrogens with zero attached hydrogens (tertiary/aromatic N) is 3. The molecule has 0 radical (unpaired) electrons. The minimum absolute atomic E-state index is 0.158. The molecular formula is C22H26ClN6O2+. The number of amides is 1. The number of hydrogen-bond acceptors (Lipinski definition) is 6. The van der Waals surface area contributed by atoms with Gasteiger partial charge in [0.05, 0.1) is 41.9 Å². The Kier molecular flexibility index (Phi) is 6.60. The van der Waals surface area contributed by atoms with Crippen LogP contribution in [0.3, 0.4) is 0 Å². The van der Waals surface area contributed by atoms with Crippen molar-refractivity contribution in [2.24, 2.45) is 0 Å². The van der Waals surface area contributed by atoms with Crippen LogP contribution in [0.15, 0.2) is 36.7 Å². The molecule has 8 nitrogen and oxygen atoms in total. The van der Waals surface area contributed by atoms with Gasteiger partial charge in [0.2, 0.25) is 5.69 Å². The fraction of sp³-hybridized carbons (Fsp3) is 0.364. The highest BCUT2D eigenvalue weighted by Gasteiger charge is 2.21. The zero-order chi connectivity index (χ0) is 21.8. The number of carbonyl (C=O) groups excluding carboxylic acids is 1. The van der Waals surface area contributed by atoms with Gasteiger partial charge in [-0.1, -0.05) is 23.7 Å². The Hall–Kier alpha value is -2.81. The summed E-state index contributed by atoms with van der Waals surface area (Å²) in [6.07, 6.45) is 3.83. The number of benzene rings is 1. The van der Waals surface area contributed by atoms with E-state index in [0.717, 1.165) is 61.4 Å². The van der Waals surface area contributed by atoms with E-state index in [9.17, 15) is 4.79 Å². The van der Waals surface area contributed by atoms with Crippen molar-refractivity contribution in [3.8, 4) is 0 Å². The maximum Gasteiger partial charge on any atom is 0.302 e. The summed E-state index contributed by atoms with van der Waals surface area (Å²) in [5.74, 6) is -0.138. The summed E-state index contributed by atoms with van der Waals surface area (Å²) in [6, 6.07) is 7.46. The van der Waals surface area contributed by atoms with Crippen LogP contribution in [0.25, 0.3) is 10.8 Å². The van der Waals surface area contributed by atoms with Crippen molar-refractivity contribution in [2.75, 3.05) is 38.6 Å². The Balaban J connectivity index is 1.59. The van der Waals surface area contributed by atoms with E-state index in [1.807, 2.05) is 31.2 Å². The Morgan fingerprint density at radius 3 is 2.97 bits per heavy atom. The first kappa shape index (κ1) is 21.4. The molecule has 4 rings (SSSR count). The molecule has 1 saturated heterocycles. The molecule has 0 spiro atoms. The lowest BCUT2D eigenvalue weighted by atomic mass is 10.0. The molecule has 0 aliphatic carbocycles. The fourth-order valence-corrected chi connectivity index (χ4v) is 4.05. The predicted octanol–water partition coefficient (Wildman–Crippen LogP) is 2.05. The van der Waals surface area contributed by atoms with Crippen LogP contribution >= 0.6 is 11.6 Å². The number of rotatable bonds is 6. The molecule has 0 saturated carbocycles. The van der Waals surface area contributed by atoms with E-state index < -0.39 is 0 Å². The third-order valence-corrected chi connectivity index (χ3v) is 5.76. The largest absolute Gasteiger partial charge is 0.379 e. The minimum Gasteiger partial charge on any atom is -0.379 e. The number of ether oxygens (including phenoxy) is 1. The van der Waals surface area contributed by atoms with E-state index in [2.05, 4.69) is 20.2 Å². The van der Waals surface area contributed by atoms with Crippen LogP contribution in [0.4, 0.5) is 5.82 Å². The quantitative estimate of drug-likeness (QED) is 0.606. The number of hydrogen-bond donors (Lipinski definition) is 2. The molecular weight excluding hydrogens is 416 g/mol. The third kappa shape index (κ3) is 4.92. The fourth-order valence-electron chi connectivity index (χ4n) is 3.76. The average Bonchev–Trinajstić information content (AvgIpc) is 2.78. The van der Waals surface area contributed by atoms with Gasteiger partial charge >= 0.3 is 5.82 Å². The van der Waals surface area contributed by atoms with E-state index in [0.29, 0.717) is 5.02 Å². The summed E-state index contributed by atoms with van der Waals surface area (Å²) in [6.45, 7) is 6.12. The summed E-state index contributed by atoms with van der Waals surface area (Å²) in [5, 5.41) is 5.59. The van der Waals surface area contributed by atoms with Gasteiger partial charge in [-0.05, 0) is 24.4 Å². The van der Waals surface area contributed by atoms with Gasteiger partial charge in [-0.2, -0.15) is 0 Å². The predicted molar refractivity (Wildman–Crippen MR) is 119 cm³/mol. The number of morpholine rings is 1. The Morgan fingerprint density at radius 2 is 2.19 bits per heavy atom. The monoisotopic (exact) mass is 441 g/mol. The van der Waals surface area contributed by atoms with Crippen molar-refractivity contribution < 1.29 is 14.5 Å². The van der Waals surface area contributed by atoms with Crippen LogP contribution in [-0.4, -0.2) is 53.6 Å². The zero-order valence-electron chi connectivity index (χ0n) is 17.4. The van der Waals surface area contributed by atoms with Crippen LogP contribution < -0.4 is 16.0 Å². The average molecular weight is 442 g/mol. The van der Waals surface area contributed by atoms with Gasteiger partial charge in [0, 0.05) is 31.4 Å². The van der Waals surface area contributed by atoms with Crippen LogP contribution in [0.5, 0.6) is 0 Å². The van der Waals surface area contributed by atoms with Gasteiger partial charge in [-0.25, -0.2) is 9.97 Å². The molecule has 31 heavy (non-hydrogen) atoms. The van der Waals surface area contributed by atoms with Crippen molar-refractivity contribution in [1.82, 2.24) is 20.2 Å². The molecule has 4 N–H and O–H groups in total. The number of anilines is 1. The molecule has 1 amide bonds. The highest BCUT2D eigenvalue weighted by atomic mass is 35.5. The highest BCUT2D eigenvalue weighted by Crippen LogP contribution is 2.29. The van der Waals surface area contributed by atoms with E-state index in [-0.39, 0.29) is 23.5 Å². The van der Waals surface area contributed by atoms with Gasteiger partial charge in [0.15, 0.2) is 0 Å². The van der Waals surface area contributed by atoms with Gasteiger partial charge in [-0.15, -0.1) is 0 Å². The summed E-state index contributed by atoms with van der Waals surface area (Å²) in [7, 11) is 0. The molecule has 1 unspecified atom stereocenters. The first-order valence-corrected chi connectivity index (χ1v) is 10.7. The molecule has 1 fully saturated rings. The van der Waals surface area contributed by atoms with Crippen LogP contribution in [0.2, 0.25) is 5.02 Å². The normalized spacial score (nSPS) is 15.7. The lowest BCUT2D eigenvalue weighted by Gasteiger charge is -2.26. The second-order valence-corrected chi connectivity index (χ2v) is 7.99. The molecule has 9 heteroatoms. The van der Waals surface area contributed by atoms with Gasteiger partial charge in [0.1, 0.15) is 6.20 Å². The SMILES string of the molecule is CC(NC(=O)c1ncc[nH+]c1N)c1cc2cccc(Cl)c2c(CCN2CCOCC2)n1. The van der Waals surface area contributed by atoms with Crippen LogP contribution in [0.1, 0.15) is 34.8 Å². The molecule has 1 atom stereocenters. The molecule has 2 aromatic heterocycles. The summed E-state index contributed by atoms with van der Waals surface area (Å²) in [5.41, 5.74) is 7.69. The molecule has 1 aromatic carbocycles. The number of fused-ring (bicyclic) bond motifs is 1. The van der Waals surface area contributed by atoms with Gasteiger partial charge in [-0.3, -0.25) is 20.4 Å². The number of aromatic nitrogens is 3. The smallest absolute Gasteiger partial charge is 0.302 e. The second kappa shape index (κ2) is 9.55. The molecule has 1 aliphatic heterocycles. The first-order valence-electron chi connectivity index (χ1n) is 10.3. The van der Waals surface area contributed by atoms with Crippen molar-refractivity contribution in [3.63, 3.8) is 0 Å². The number of nitrogens with two attached hydrogens (primary N) is 1.